The molecule has 0 radical (unpaired) electrons. The molecule has 1 aromatic heterocycles. The van der Waals surface area contributed by atoms with Gasteiger partial charge in [-0.3, -0.25) is 4.68 Å². The second-order valence-corrected chi connectivity index (χ2v) is 5.24. The van der Waals surface area contributed by atoms with Crippen LogP contribution in [0.3, 0.4) is 0 Å². The highest BCUT2D eigenvalue weighted by Gasteiger charge is 2.24. The molecule has 1 aromatic rings. The van der Waals surface area contributed by atoms with Crippen molar-refractivity contribution in [3.63, 3.8) is 0 Å². The smallest absolute Gasteiger partial charge is 0.188 e. The number of halogens is 1. The van der Waals surface area contributed by atoms with Crippen LogP contribution in [0.4, 0.5) is 10.2 Å². The van der Waals surface area contributed by atoms with Crippen LogP contribution in [0.5, 0.6) is 0 Å². The van der Waals surface area contributed by atoms with Gasteiger partial charge >= 0.3 is 0 Å². The summed E-state index contributed by atoms with van der Waals surface area (Å²) < 4.78 is 15.0. The topological polar surface area (TPSA) is 43.8 Å². The Balaban J connectivity index is 2.86. The summed E-state index contributed by atoms with van der Waals surface area (Å²) in [6.45, 7) is 8.52. The minimum atomic E-state index is -0.367. The molecule has 0 amide bonds. The number of hydrogen-bond acceptors (Lipinski definition) is 2. The maximum absolute atomic E-state index is 13.6. The van der Waals surface area contributed by atoms with Crippen LogP contribution in [0, 0.1) is 17.2 Å². The van der Waals surface area contributed by atoms with Crippen LogP contribution in [0.2, 0.25) is 0 Å². The van der Waals surface area contributed by atoms with Gasteiger partial charge in [0.05, 0.1) is 0 Å². The zero-order valence-electron chi connectivity index (χ0n) is 10.1. The fourth-order valence-corrected chi connectivity index (χ4v) is 1.30. The summed E-state index contributed by atoms with van der Waals surface area (Å²) in [5.74, 6) is 0.112. The molecular formula is C11H20FN3. The Bertz CT molecular complexity index is 349. The van der Waals surface area contributed by atoms with Crippen molar-refractivity contribution >= 4 is 5.82 Å². The van der Waals surface area contributed by atoms with E-state index in [-0.39, 0.29) is 17.1 Å². The van der Waals surface area contributed by atoms with E-state index >= 15 is 0 Å². The second-order valence-electron chi connectivity index (χ2n) is 5.24. The summed E-state index contributed by atoms with van der Waals surface area (Å²) in [5, 5.41) is 4.08. The highest BCUT2D eigenvalue weighted by Crippen LogP contribution is 2.29. The Labute approximate surface area is 90.5 Å². The Hall–Kier alpha value is -1.06. The summed E-state index contributed by atoms with van der Waals surface area (Å²) in [5.41, 5.74) is 6.13. The zero-order valence-corrected chi connectivity index (χ0v) is 10.1. The first kappa shape index (κ1) is 12.0. The highest BCUT2D eigenvalue weighted by molar-refractivity contribution is 5.33. The highest BCUT2D eigenvalue weighted by atomic mass is 19.1. The predicted octanol–water partition coefficient (Wildman–Crippen LogP) is 2.37. The summed E-state index contributed by atoms with van der Waals surface area (Å²) in [6, 6.07) is 0. The number of nitrogens with zero attached hydrogens (tertiary/aromatic N) is 2. The van der Waals surface area contributed by atoms with Crippen LogP contribution < -0.4 is 5.73 Å². The average Bonchev–Trinajstić information content (AvgIpc) is 2.32. The molecule has 0 fully saturated rings. The van der Waals surface area contributed by atoms with Gasteiger partial charge in [-0.05, 0) is 17.8 Å². The molecule has 1 unspecified atom stereocenters. The summed E-state index contributed by atoms with van der Waals surface area (Å²) in [6.07, 6.45) is 0.625. The van der Waals surface area contributed by atoms with Crippen molar-refractivity contribution in [3.8, 4) is 0 Å². The first-order valence-electron chi connectivity index (χ1n) is 5.20. The zero-order chi connectivity index (χ0) is 11.8. The quantitative estimate of drug-likeness (QED) is 0.819. The van der Waals surface area contributed by atoms with E-state index in [1.165, 1.54) is 4.68 Å². The van der Waals surface area contributed by atoms with Gasteiger partial charge in [-0.2, -0.15) is 5.10 Å². The van der Waals surface area contributed by atoms with Gasteiger partial charge in [0, 0.05) is 7.05 Å². The standard InChI is InChI=1S/C11H20FN3/c1-7(11(2,3)4)6-8-9(12)10(13)15(5)14-8/h7H,6,13H2,1-5H3. The van der Waals surface area contributed by atoms with Crippen LogP contribution >= 0.6 is 0 Å². The molecule has 0 spiro atoms. The fraction of sp³-hybridized carbons (Fsp3) is 0.727. The van der Waals surface area contributed by atoms with Crippen molar-refractivity contribution < 1.29 is 4.39 Å². The third-order valence-electron chi connectivity index (χ3n) is 3.08. The van der Waals surface area contributed by atoms with E-state index in [2.05, 4.69) is 32.8 Å². The third kappa shape index (κ3) is 2.49. The molecule has 15 heavy (non-hydrogen) atoms. The molecule has 4 heteroatoms. The normalized spacial score (nSPS) is 14.3. The minimum Gasteiger partial charge on any atom is -0.381 e. The Morgan fingerprint density at radius 2 is 2.00 bits per heavy atom. The molecule has 0 aromatic carbocycles. The number of nitrogens with two attached hydrogens (primary N) is 1. The summed E-state index contributed by atoms with van der Waals surface area (Å²) in [4.78, 5) is 0. The predicted molar refractivity (Wildman–Crippen MR) is 59.9 cm³/mol. The summed E-state index contributed by atoms with van der Waals surface area (Å²) >= 11 is 0. The number of anilines is 1. The van der Waals surface area contributed by atoms with Gasteiger partial charge in [0.2, 0.25) is 0 Å². The molecule has 3 nitrogen and oxygen atoms in total. The monoisotopic (exact) mass is 213 g/mol. The van der Waals surface area contributed by atoms with Crippen molar-refractivity contribution in [2.45, 2.75) is 34.1 Å². The van der Waals surface area contributed by atoms with Crippen molar-refractivity contribution in [3.05, 3.63) is 11.5 Å². The number of hydrogen-bond donors (Lipinski definition) is 1. The van der Waals surface area contributed by atoms with Gasteiger partial charge in [0.25, 0.3) is 0 Å². The fourth-order valence-electron chi connectivity index (χ4n) is 1.30. The SMILES string of the molecule is CC(Cc1nn(C)c(N)c1F)C(C)(C)C. The Morgan fingerprint density at radius 3 is 2.33 bits per heavy atom. The van der Waals surface area contributed by atoms with Crippen LogP contribution in [-0.2, 0) is 13.5 Å². The van der Waals surface area contributed by atoms with Crippen molar-refractivity contribution in [1.82, 2.24) is 9.78 Å². The van der Waals surface area contributed by atoms with Gasteiger partial charge in [0.1, 0.15) is 5.69 Å². The van der Waals surface area contributed by atoms with E-state index in [9.17, 15) is 4.39 Å². The Morgan fingerprint density at radius 1 is 1.47 bits per heavy atom. The van der Waals surface area contributed by atoms with Crippen LogP contribution in [0.25, 0.3) is 0 Å². The maximum atomic E-state index is 13.6. The first-order valence-corrected chi connectivity index (χ1v) is 5.20. The van der Waals surface area contributed by atoms with Gasteiger partial charge < -0.3 is 5.73 Å². The first-order chi connectivity index (χ1) is 6.73. The van der Waals surface area contributed by atoms with E-state index in [0.29, 0.717) is 18.0 Å². The molecule has 0 saturated carbocycles. The van der Waals surface area contributed by atoms with E-state index in [4.69, 9.17) is 5.73 Å². The second kappa shape index (κ2) is 3.83. The lowest BCUT2D eigenvalue weighted by Crippen LogP contribution is -2.20. The van der Waals surface area contributed by atoms with Crippen LogP contribution in [0.15, 0.2) is 0 Å². The lowest BCUT2D eigenvalue weighted by molar-refractivity contribution is 0.256. The molecule has 0 bridgehead atoms. The molecule has 86 valence electrons. The molecule has 0 aliphatic heterocycles. The van der Waals surface area contributed by atoms with E-state index in [1.807, 2.05) is 0 Å². The number of rotatable bonds is 2. The van der Waals surface area contributed by atoms with Crippen LogP contribution in [-0.4, -0.2) is 9.78 Å². The molecule has 0 aliphatic carbocycles. The van der Waals surface area contributed by atoms with Gasteiger partial charge in [-0.15, -0.1) is 0 Å². The van der Waals surface area contributed by atoms with Crippen molar-refractivity contribution in [2.24, 2.45) is 18.4 Å². The molecule has 1 heterocycles. The number of aryl methyl sites for hydroxylation is 1. The minimum absolute atomic E-state index is 0.117. The van der Waals surface area contributed by atoms with E-state index < -0.39 is 0 Å². The molecule has 1 rings (SSSR count). The van der Waals surface area contributed by atoms with Gasteiger partial charge in [0.15, 0.2) is 11.6 Å². The molecular weight excluding hydrogens is 193 g/mol. The number of nitrogen functional groups attached to an aromatic ring is 1. The van der Waals surface area contributed by atoms with E-state index in [1.54, 1.807) is 7.05 Å². The average molecular weight is 213 g/mol. The lowest BCUT2D eigenvalue weighted by Gasteiger charge is -2.26. The molecule has 0 aliphatic rings. The van der Waals surface area contributed by atoms with Gasteiger partial charge in [-0.1, -0.05) is 27.7 Å². The maximum Gasteiger partial charge on any atom is 0.188 e. The van der Waals surface area contributed by atoms with E-state index in [0.717, 1.165) is 0 Å². The largest absolute Gasteiger partial charge is 0.381 e. The summed E-state index contributed by atoms with van der Waals surface area (Å²) in [7, 11) is 1.66. The van der Waals surface area contributed by atoms with Gasteiger partial charge in [-0.25, -0.2) is 4.39 Å². The molecule has 0 saturated heterocycles. The Kier molecular flexibility index (Phi) is 3.07. The third-order valence-corrected chi connectivity index (χ3v) is 3.08. The van der Waals surface area contributed by atoms with Crippen molar-refractivity contribution in [1.29, 1.82) is 0 Å². The van der Waals surface area contributed by atoms with Crippen molar-refractivity contribution in [2.75, 3.05) is 5.73 Å². The molecule has 2 N–H and O–H groups in total. The lowest BCUT2D eigenvalue weighted by atomic mass is 9.79. The number of aromatic nitrogens is 2. The molecule has 1 atom stereocenters. The van der Waals surface area contributed by atoms with Crippen LogP contribution in [0.1, 0.15) is 33.4 Å².